The molecule has 0 N–H and O–H groups in total. The Morgan fingerprint density at radius 3 is 2.70 bits per heavy atom. The normalized spacial score (nSPS) is 21.3. The predicted octanol–water partition coefficient (Wildman–Crippen LogP) is 3.96. The van der Waals surface area contributed by atoms with Gasteiger partial charge in [-0.2, -0.15) is 0 Å². The maximum atomic E-state index is 12.0. The Hall–Kier alpha value is -2.34. The van der Waals surface area contributed by atoms with Crippen molar-refractivity contribution in [2.75, 3.05) is 18.8 Å². The van der Waals surface area contributed by atoms with Gasteiger partial charge in [0.1, 0.15) is 17.3 Å². The Kier molecular flexibility index (Phi) is 4.91. The number of sulfonamides is 1. The summed E-state index contributed by atoms with van der Waals surface area (Å²) in [6, 6.07) is 16.0. The van der Waals surface area contributed by atoms with Crippen LogP contribution in [-0.4, -0.2) is 38.0 Å². The largest absolute Gasteiger partial charge is 0.457 e. The van der Waals surface area contributed by atoms with E-state index in [2.05, 4.69) is 28.4 Å². The predicted molar refractivity (Wildman–Crippen MR) is 107 cm³/mol. The van der Waals surface area contributed by atoms with Crippen LogP contribution in [0.1, 0.15) is 36.8 Å². The van der Waals surface area contributed by atoms with Gasteiger partial charge in [-0.1, -0.05) is 31.2 Å². The van der Waals surface area contributed by atoms with Crippen LogP contribution in [0.3, 0.4) is 0 Å². The molecule has 2 aliphatic heterocycles. The van der Waals surface area contributed by atoms with Crippen molar-refractivity contribution in [1.82, 2.24) is 4.90 Å². The van der Waals surface area contributed by atoms with Crippen LogP contribution < -0.4 is 4.74 Å². The highest BCUT2D eigenvalue weighted by molar-refractivity contribution is 7.90. The smallest absolute Gasteiger partial charge is 0.256 e. The van der Waals surface area contributed by atoms with Gasteiger partial charge in [-0.05, 0) is 54.7 Å². The fraction of sp³-hybridized carbons (Fsp3) is 0.381. The Morgan fingerprint density at radius 2 is 1.93 bits per heavy atom. The zero-order chi connectivity index (χ0) is 18.9. The first-order valence-electron chi connectivity index (χ1n) is 9.48. The molecular weight excluding hydrogens is 360 g/mol. The number of nitrogens with zero attached hydrogens (tertiary/aromatic N) is 2. The van der Waals surface area contributed by atoms with E-state index in [0.29, 0.717) is 12.4 Å². The molecule has 0 saturated carbocycles. The third kappa shape index (κ3) is 4.00. The van der Waals surface area contributed by atoms with Crippen molar-refractivity contribution >= 4 is 15.9 Å². The number of hydrogen-bond donors (Lipinski definition) is 0. The standard InChI is InChI=1S/C21H24N2O3S/c1-2-16-5-3-6-19(15-16)26-18-10-8-17(9-11-18)20-7-4-12-23-13-14-27(24,25)22-21(20)23/h3,5-6,8-11,15,20H,2,4,7,12-14H2,1H3. The van der Waals surface area contributed by atoms with Gasteiger partial charge in [0, 0.05) is 19.0 Å². The number of piperidine rings is 1. The lowest BCUT2D eigenvalue weighted by molar-refractivity contribution is 0.366. The molecule has 1 atom stereocenters. The van der Waals surface area contributed by atoms with Crippen LogP contribution in [0.25, 0.3) is 0 Å². The Labute approximate surface area is 160 Å². The van der Waals surface area contributed by atoms with Crippen molar-refractivity contribution in [2.45, 2.75) is 32.1 Å². The van der Waals surface area contributed by atoms with Crippen LogP contribution in [-0.2, 0) is 16.4 Å². The second-order valence-electron chi connectivity index (χ2n) is 7.09. The molecule has 0 amide bonds. The molecule has 0 bridgehead atoms. The highest BCUT2D eigenvalue weighted by Gasteiger charge is 2.33. The van der Waals surface area contributed by atoms with Gasteiger partial charge < -0.3 is 9.64 Å². The molecule has 1 fully saturated rings. The maximum absolute atomic E-state index is 12.0. The molecule has 2 aromatic carbocycles. The van der Waals surface area contributed by atoms with Crippen LogP contribution in [0, 0.1) is 0 Å². The monoisotopic (exact) mass is 384 g/mol. The average molecular weight is 385 g/mol. The lowest BCUT2D eigenvalue weighted by atomic mass is 9.89. The number of aryl methyl sites for hydroxylation is 1. The van der Waals surface area contributed by atoms with Gasteiger partial charge in [0.05, 0.1) is 5.75 Å². The van der Waals surface area contributed by atoms with E-state index < -0.39 is 10.0 Å². The van der Waals surface area contributed by atoms with Crippen LogP contribution in [0.5, 0.6) is 11.5 Å². The molecule has 1 saturated heterocycles. The summed E-state index contributed by atoms with van der Waals surface area (Å²) >= 11 is 0. The van der Waals surface area contributed by atoms with E-state index in [1.807, 2.05) is 36.4 Å². The fourth-order valence-electron chi connectivity index (χ4n) is 3.76. The van der Waals surface area contributed by atoms with Gasteiger partial charge in [-0.3, -0.25) is 0 Å². The minimum Gasteiger partial charge on any atom is -0.457 e. The first kappa shape index (κ1) is 18.0. The molecule has 27 heavy (non-hydrogen) atoms. The minimum atomic E-state index is -3.33. The van der Waals surface area contributed by atoms with Gasteiger partial charge in [-0.25, -0.2) is 8.42 Å². The minimum absolute atomic E-state index is 0.0336. The van der Waals surface area contributed by atoms with Crippen molar-refractivity contribution in [1.29, 1.82) is 0 Å². The van der Waals surface area contributed by atoms with E-state index in [1.54, 1.807) is 0 Å². The van der Waals surface area contributed by atoms with E-state index in [0.717, 1.165) is 42.9 Å². The summed E-state index contributed by atoms with van der Waals surface area (Å²) in [7, 11) is -3.33. The van der Waals surface area contributed by atoms with E-state index in [4.69, 9.17) is 4.74 Å². The molecule has 4 rings (SSSR count). The summed E-state index contributed by atoms with van der Waals surface area (Å²) in [5.41, 5.74) is 2.33. The van der Waals surface area contributed by atoms with Crippen LogP contribution in [0.4, 0.5) is 0 Å². The number of amidine groups is 1. The molecule has 2 heterocycles. The molecule has 2 aliphatic rings. The maximum Gasteiger partial charge on any atom is 0.256 e. The van der Waals surface area contributed by atoms with Gasteiger partial charge in [0.2, 0.25) is 0 Å². The molecule has 2 aromatic rings. The molecule has 142 valence electrons. The zero-order valence-corrected chi connectivity index (χ0v) is 16.3. The van der Waals surface area contributed by atoms with Gasteiger partial charge in [-0.15, -0.1) is 4.40 Å². The highest BCUT2D eigenvalue weighted by atomic mass is 32.2. The molecule has 6 heteroatoms. The Balaban J connectivity index is 1.55. The number of fused-ring (bicyclic) bond motifs is 1. The summed E-state index contributed by atoms with van der Waals surface area (Å²) in [6.45, 7) is 3.56. The third-order valence-corrected chi connectivity index (χ3v) is 6.40. The zero-order valence-electron chi connectivity index (χ0n) is 15.5. The summed E-state index contributed by atoms with van der Waals surface area (Å²) in [4.78, 5) is 2.12. The second-order valence-corrected chi connectivity index (χ2v) is 8.84. The fourth-order valence-corrected chi connectivity index (χ4v) is 4.83. The van der Waals surface area contributed by atoms with Crippen molar-refractivity contribution < 1.29 is 13.2 Å². The van der Waals surface area contributed by atoms with Crippen molar-refractivity contribution in [2.24, 2.45) is 4.40 Å². The van der Waals surface area contributed by atoms with Gasteiger partial charge in [0.25, 0.3) is 10.0 Å². The summed E-state index contributed by atoms with van der Waals surface area (Å²) in [5.74, 6) is 2.46. The number of ether oxygens (including phenoxy) is 1. The third-order valence-electron chi connectivity index (χ3n) is 5.23. The lowest BCUT2D eigenvalue weighted by Gasteiger charge is -2.37. The second kappa shape index (κ2) is 7.35. The lowest BCUT2D eigenvalue weighted by Crippen LogP contribution is -2.46. The number of hydrogen-bond acceptors (Lipinski definition) is 4. The van der Waals surface area contributed by atoms with Gasteiger partial charge >= 0.3 is 0 Å². The number of benzene rings is 2. The van der Waals surface area contributed by atoms with Crippen LogP contribution in [0.15, 0.2) is 52.9 Å². The topological polar surface area (TPSA) is 59.0 Å². The van der Waals surface area contributed by atoms with Crippen LogP contribution in [0.2, 0.25) is 0 Å². The Morgan fingerprint density at radius 1 is 1.11 bits per heavy atom. The van der Waals surface area contributed by atoms with Gasteiger partial charge in [0.15, 0.2) is 0 Å². The summed E-state index contributed by atoms with van der Waals surface area (Å²) < 4.78 is 34.0. The summed E-state index contributed by atoms with van der Waals surface area (Å²) in [6.07, 6.45) is 2.94. The first-order valence-corrected chi connectivity index (χ1v) is 11.1. The van der Waals surface area contributed by atoms with E-state index >= 15 is 0 Å². The molecular formula is C21H24N2O3S. The van der Waals surface area contributed by atoms with Crippen LogP contribution >= 0.6 is 0 Å². The van der Waals surface area contributed by atoms with E-state index in [9.17, 15) is 8.42 Å². The molecule has 5 nitrogen and oxygen atoms in total. The highest BCUT2D eigenvalue weighted by Crippen LogP contribution is 2.33. The molecule has 0 aliphatic carbocycles. The van der Waals surface area contributed by atoms with E-state index in [1.165, 1.54) is 5.56 Å². The quantitative estimate of drug-likeness (QED) is 0.800. The SMILES string of the molecule is CCc1cccc(Oc2ccc(C3CCCN4CCS(=O)(=O)N=C34)cc2)c1. The first-order chi connectivity index (χ1) is 13.0. The van der Waals surface area contributed by atoms with Crippen molar-refractivity contribution in [3.05, 3.63) is 59.7 Å². The van der Waals surface area contributed by atoms with Crippen molar-refractivity contribution in [3.8, 4) is 11.5 Å². The summed E-state index contributed by atoms with van der Waals surface area (Å²) in [5, 5.41) is 0. The van der Waals surface area contributed by atoms with Crippen molar-refractivity contribution in [3.63, 3.8) is 0 Å². The number of rotatable bonds is 4. The molecule has 0 spiro atoms. The molecule has 1 unspecified atom stereocenters. The van der Waals surface area contributed by atoms with E-state index in [-0.39, 0.29) is 11.7 Å². The Bertz CT molecular complexity index is 952. The molecule has 0 radical (unpaired) electrons. The average Bonchev–Trinajstić information content (AvgIpc) is 2.68. The molecule has 0 aromatic heterocycles.